The quantitative estimate of drug-likeness (QED) is 0.693. The molecule has 1 heterocycles. The fraction of sp³-hybridized carbons (Fsp3) is 0. The van der Waals surface area contributed by atoms with Crippen LogP contribution in [0.4, 0.5) is 15.8 Å². The Balaban J connectivity index is 2.19. The lowest BCUT2D eigenvalue weighted by Gasteiger charge is -2.08. The van der Waals surface area contributed by atoms with Gasteiger partial charge in [-0.3, -0.25) is 0 Å². The topological polar surface area (TPSA) is 95.6 Å². The molecule has 3 aromatic rings. The molecule has 6 nitrogen and oxygen atoms in total. The van der Waals surface area contributed by atoms with Crippen molar-refractivity contribution in [2.75, 3.05) is 11.5 Å². The van der Waals surface area contributed by atoms with E-state index in [1.165, 1.54) is 16.8 Å². The molecule has 0 saturated heterocycles. The van der Waals surface area contributed by atoms with Gasteiger partial charge in [0, 0.05) is 27.5 Å². The van der Waals surface area contributed by atoms with Gasteiger partial charge in [-0.15, -0.1) is 5.10 Å². The highest BCUT2D eigenvalue weighted by Crippen LogP contribution is 2.27. The minimum absolute atomic E-state index is 0.387. The summed E-state index contributed by atoms with van der Waals surface area (Å²) in [4.78, 5) is 0. The van der Waals surface area contributed by atoms with Gasteiger partial charge in [0.05, 0.1) is 5.69 Å². The number of nitrogen functional groups attached to an aromatic ring is 2. The van der Waals surface area contributed by atoms with E-state index in [-0.39, 0.29) is 5.82 Å². The number of hydrogen-bond acceptors (Lipinski definition) is 5. The Hall–Kier alpha value is -2.48. The molecule has 0 fully saturated rings. The number of halogens is 2. The average molecular weight is 349 g/mol. The number of tetrazole rings is 1. The Bertz CT molecular complexity index is 796. The van der Waals surface area contributed by atoms with E-state index < -0.39 is 0 Å². The molecule has 21 heavy (non-hydrogen) atoms. The molecule has 0 unspecified atom stereocenters. The summed E-state index contributed by atoms with van der Waals surface area (Å²) >= 11 is 3.36. The number of rotatable bonds is 2. The molecule has 3 rings (SSSR count). The molecule has 0 radical (unpaired) electrons. The smallest absolute Gasteiger partial charge is 0.187 e. The lowest BCUT2D eigenvalue weighted by Crippen LogP contribution is -2.02. The summed E-state index contributed by atoms with van der Waals surface area (Å²) in [7, 11) is 0. The fourth-order valence-electron chi connectivity index (χ4n) is 1.98. The predicted octanol–water partition coefficient (Wildman–Crippen LogP) is 2.40. The van der Waals surface area contributed by atoms with Gasteiger partial charge in [-0.1, -0.05) is 0 Å². The second kappa shape index (κ2) is 5.13. The second-order valence-corrected chi connectivity index (χ2v) is 5.25. The van der Waals surface area contributed by atoms with Crippen LogP contribution in [0.2, 0.25) is 0 Å². The van der Waals surface area contributed by atoms with Gasteiger partial charge in [-0.2, -0.15) is 4.68 Å². The van der Waals surface area contributed by atoms with Gasteiger partial charge in [-0.05, 0) is 56.7 Å². The Morgan fingerprint density at radius 3 is 2.48 bits per heavy atom. The van der Waals surface area contributed by atoms with Crippen LogP contribution in [0.15, 0.2) is 40.9 Å². The van der Waals surface area contributed by atoms with Crippen LogP contribution in [0, 0.1) is 5.82 Å². The highest BCUT2D eigenvalue weighted by Gasteiger charge is 2.14. The van der Waals surface area contributed by atoms with E-state index in [0.717, 1.165) is 0 Å². The third-order valence-electron chi connectivity index (χ3n) is 2.84. The first-order valence-corrected chi connectivity index (χ1v) is 6.74. The van der Waals surface area contributed by atoms with Gasteiger partial charge >= 0.3 is 0 Å². The Morgan fingerprint density at radius 2 is 1.76 bits per heavy atom. The van der Waals surface area contributed by atoms with Crippen molar-refractivity contribution < 1.29 is 4.39 Å². The largest absolute Gasteiger partial charge is 0.399 e. The lowest BCUT2D eigenvalue weighted by molar-refractivity contribution is 0.624. The highest BCUT2D eigenvalue weighted by atomic mass is 79.9. The zero-order valence-corrected chi connectivity index (χ0v) is 12.2. The van der Waals surface area contributed by atoms with Crippen LogP contribution < -0.4 is 11.5 Å². The Morgan fingerprint density at radius 1 is 1.05 bits per heavy atom. The maximum absolute atomic E-state index is 13.5. The lowest BCUT2D eigenvalue weighted by atomic mass is 10.1. The standard InChI is InChI=1S/C13H10BrFN6/c14-11-2-1-8(15)5-12(11)21-13(18-19-20-21)7-3-9(16)6-10(17)4-7/h1-6H,16-17H2. The van der Waals surface area contributed by atoms with E-state index in [2.05, 4.69) is 31.5 Å². The molecule has 1 aromatic heterocycles. The fourth-order valence-corrected chi connectivity index (χ4v) is 2.40. The molecule has 8 heteroatoms. The van der Waals surface area contributed by atoms with Crippen molar-refractivity contribution in [3.05, 3.63) is 46.7 Å². The van der Waals surface area contributed by atoms with E-state index in [1.807, 2.05) is 0 Å². The number of anilines is 2. The molecule has 0 aliphatic carbocycles. The van der Waals surface area contributed by atoms with Crippen molar-refractivity contribution in [1.29, 1.82) is 0 Å². The summed E-state index contributed by atoms with van der Waals surface area (Å²) in [6.45, 7) is 0. The van der Waals surface area contributed by atoms with Gasteiger partial charge in [0.15, 0.2) is 5.82 Å². The second-order valence-electron chi connectivity index (χ2n) is 4.40. The Kier molecular flexibility index (Phi) is 3.30. The zero-order chi connectivity index (χ0) is 15.0. The van der Waals surface area contributed by atoms with Crippen LogP contribution >= 0.6 is 15.9 Å². The molecule has 0 spiro atoms. The van der Waals surface area contributed by atoms with Gasteiger partial charge in [0.25, 0.3) is 0 Å². The molecule has 2 aromatic carbocycles. The summed E-state index contributed by atoms with van der Waals surface area (Å²) in [5, 5.41) is 11.5. The molecule has 106 valence electrons. The van der Waals surface area contributed by atoms with Crippen LogP contribution in [-0.4, -0.2) is 20.2 Å². The number of nitrogens with zero attached hydrogens (tertiary/aromatic N) is 4. The van der Waals surface area contributed by atoms with Crippen molar-refractivity contribution in [2.24, 2.45) is 0 Å². The predicted molar refractivity (Wildman–Crippen MR) is 81.1 cm³/mol. The summed E-state index contributed by atoms with van der Waals surface area (Å²) < 4.78 is 15.5. The number of benzene rings is 2. The summed E-state index contributed by atoms with van der Waals surface area (Å²) in [6.07, 6.45) is 0. The van der Waals surface area contributed by atoms with Gasteiger partial charge in [0.2, 0.25) is 0 Å². The molecule has 0 saturated carbocycles. The summed E-state index contributed by atoms with van der Waals surface area (Å²) in [5.74, 6) is 0.0297. The molecular formula is C13H10BrFN6. The first kappa shape index (κ1) is 13.5. The van der Waals surface area contributed by atoms with Crippen molar-refractivity contribution in [1.82, 2.24) is 20.2 Å². The third-order valence-corrected chi connectivity index (χ3v) is 3.51. The maximum Gasteiger partial charge on any atom is 0.187 e. The van der Waals surface area contributed by atoms with E-state index in [1.54, 1.807) is 24.3 Å². The van der Waals surface area contributed by atoms with Crippen LogP contribution in [0.25, 0.3) is 17.1 Å². The first-order valence-electron chi connectivity index (χ1n) is 5.95. The van der Waals surface area contributed by atoms with Crippen LogP contribution in [0.3, 0.4) is 0 Å². The van der Waals surface area contributed by atoms with E-state index in [4.69, 9.17) is 11.5 Å². The molecular weight excluding hydrogens is 339 g/mol. The monoisotopic (exact) mass is 348 g/mol. The minimum atomic E-state index is -0.387. The molecule has 0 bridgehead atoms. The van der Waals surface area contributed by atoms with Crippen LogP contribution in [-0.2, 0) is 0 Å². The molecule has 0 amide bonds. The normalized spacial score (nSPS) is 10.8. The van der Waals surface area contributed by atoms with Crippen LogP contribution in [0.1, 0.15) is 0 Å². The number of hydrogen-bond donors (Lipinski definition) is 2. The number of nitrogens with two attached hydrogens (primary N) is 2. The summed E-state index contributed by atoms with van der Waals surface area (Å²) in [6, 6.07) is 9.30. The van der Waals surface area contributed by atoms with E-state index in [0.29, 0.717) is 32.9 Å². The molecule has 0 atom stereocenters. The van der Waals surface area contributed by atoms with Crippen molar-refractivity contribution in [3.63, 3.8) is 0 Å². The molecule has 4 N–H and O–H groups in total. The summed E-state index contributed by atoms with van der Waals surface area (Å²) in [5.41, 5.74) is 13.7. The van der Waals surface area contributed by atoms with E-state index >= 15 is 0 Å². The third kappa shape index (κ3) is 2.57. The molecule has 0 aliphatic heterocycles. The maximum atomic E-state index is 13.5. The van der Waals surface area contributed by atoms with Gasteiger partial charge in [0.1, 0.15) is 5.82 Å². The SMILES string of the molecule is Nc1cc(N)cc(-c2nnnn2-c2cc(F)ccc2Br)c1. The van der Waals surface area contributed by atoms with Crippen molar-refractivity contribution in [3.8, 4) is 17.1 Å². The molecule has 0 aliphatic rings. The number of aromatic nitrogens is 4. The average Bonchev–Trinajstić information content (AvgIpc) is 2.89. The zero-order valence-electron chi connectivity index (χ0n) is 10.7. The van der Waals surface area contributed by atoms with Crippen molar-refractivity contribution in [2.45, 2.75) is 0 Å². The van der Waals surface area contributed by atoms with Crippen molar-refractivity contribution >= 4 is 27.3 Å². The van der Waals surface area contributed by atoms with Crippen LogP contribution in [0.5, 0.6) is 0 Å². The highest BCUT2D eigenvalue weighted by molar-refractivity contribution is 9.10. The van der Waals surface area contributed by atoms with Gasteiger partial charge < -0.3 is 11.5 Å². The minimum Gasteiger partial charge on any atom is -0.399 e. The van der Waals surface area contributed by atoms with Gasteiger partial charge in [-0.25, -0.2) is 4.39 Å². The first-order chi connectivity index (χ1) is 10.0. The van der Waals surface area contributed by atoms with E-state index in [9.17, 15) is 4.39 Å². The Labute approximate surface area is 127 Å².